The van der Waals surface area contributed by atoms with Crippen molar-refractivity contribution >= 4 is 5.78 Å². The van der Waals surface area contributed by atoms with Gasteiger partial charge in [-0.3, -0.25) is 4.79 Å². The van der Waals surface area contributed by atoms with Crippen molar-refractivity contribution in [2.45, 2.75) is 52.6 Å². The lowest BCUT2D eigenvalue weighted by atomic mass is 10.0. The van der Waals surface area contributed by atoms with Crippen LogP contribution in [0, 0.1) is 0 Å². The van der Waals surface area contributed by atoms with Crippen LogP contribution in [0.1, 0.15) is 47.0 Å². The molecule has 2 heteroatoms. The topological polar surface area (TPSA) is 26.3 Å². The molecule has 0 aromatic rings. The van der Waals surface area contributed by atoms with Crippen LogP contribution in [0.3, 0.4) is 0 Å². The van der Waals surface area contributed by atoms with E-state index in [2.05, 4.69) is 6.92 Å². The van der Waals surface area contributed by atoms with Gasteiger partial charge < -0.3 is 4.74 Å². The molecular formula is C10H20O2. The summed E-state index contributed by atoms with van der Waals surface area (Å²) in [7, 11) is 0. The number of ketones is 1. The number of hydrogen-bond acceptors (Lipinski definition) is 2. The summed E-state index contributed by atoms with van der Waals surface area (Å²) in [5, 5.41) is 0. The molecule has 0 bridgehead atoms. The van der Waals surface area contributed by atoms with Crippen molar-refractivity contribution < 1.29 is 9.53 Å². The molecule has 0 heterocycles. The Labute approximate surface area is 75.3 Å². The molecule has 0 spiro atoms. The van der Waals surface area contributed by atoms with E-state index in [9.17, 15) is 4.79 Å². The van der Waals surface area contributed by atoms with Gasteiger partial charge in [-0.1, -0.05) is 13.3 Å². The molecular weight excluding hydrogens is 152 g/mol. The molecule has 72 valence electrons. The second-order valence-corrected chi connectivity index (χ2v) is 3.84. The number of rotatable bonds is 6. The molecule has 0 atom stereocenters. The minimum absolute atomic E-state index is 0.191. The van der Waals surface area contributed by atoms with Crippen LogP contribution in [0.15, 0.2) is 0 Å². The SMILES string of the molecule is CCCCOC(C)(C)CC(C)=O. The van der Waals surface area contributed by atoms with Crippen molar-refractivity contribution in [1.82, 2.24) is 0 Å². The number of Topliss-reactive ketones (excluding diaryl/α,β-unsaturated/α-hetero) is 1. The van der Waals surface area contributed by atoms with Crippen molar-refractivity contribution in [3.8, 4) is 0 Å². The summed E-state index contributed by atoms with van der Waals surface area (Å²) in [5.74, 6) is 0.191. The zero-order valence-corrected chi connectivity index (χ0v) is 8.64. The van der Waals surface area contributed by atoms with Gasteiger partial charge >= 0.3 is 0 Å². The molecule has 0 amide bonds. The summed E-state index contributed by atoms with van der Waals surface area (Å²) in [6.45, 7) is 8.41. The van der Waals surface area contributed by atoms with E-state index in [-0.39, 0.29) is 11.4 Å². The van der Waals surface area contributed by atoms with E-state index in [1.54, 1.807) is 6.92 Å². The first-order valence-electron chi connectivity index (χ1n) is 4.61. The van der Waals surface area contributed by atoms with E-state index in [1.165, 1.54) is 0 Å². The van der Waals surface area contributed by atoms with Gasteiger partial charge in [-0.05, 0) is 27.2 Å². The molecule has 0 saturated heterocycles. The molecule has 0 unspecified atom stereocenters. The first-order chi connectivity index (χ1) is 5.48. The van der Waals surface area contributed by atoms with E-state index in [0.717, 1.165) is 19.4 Å². The monoisotopic (exact) mass is 172 g/mol. The van der Waals surface area contributed by atoms with Crippen LogP contribution in [0.25, 0.3) is 0 Å². The van der Waals surface area contributed by atoms with Gasteiger partial charge in [0.2, 0.25) is 0 Å². The number of carbonyl (C=O) groups is 1. The zero-order chi connectivity index (χ0) is 9.61. The Morgan fingerprint density at radius 1 is 1.42 bits per heavy atom. The third-order valence-electron chi connectivity index (χ3n) is 1.67. The Balaban J connectivity index is 3.63. The van der Waals surface area contributed by atoms with Gasteiger partial charge in [0.05, 0.1) is 5.60 Å². The minimum Gasteiger partial charge on any atom is -0.375 e. The summed E-state index contributed by atoms with van der Waals surface area (Å²) < 4.78 is 5.56. The summed E-state index contributed by atoms with van der Waals surface area (Å²) >= 11 is 0. The lowest BCUT2D eigenvalue weighted by molar-refractivity contribution is -0.123. The van der Waals surface area contributed by atoms with Crippen LogP contribution in [0.4, 0.5) is 0 Å². The van der Waals surface area contributed by atoms with E-state index in [1.807, 2.05) is 13.8 Å². The molecule has 12 heavy (non-hydrogen) atoms. The molecule has 0 rings (SSSR count). The first kappa shape index (κ1) is 11.6. The maximum absolute atomic E-state index is 10.8. The van der Waals surface area contributed by atoms with Crippen molar-refractivity contribution in [3.63, 3.8) is 0 Å². The molecule has 0 fully saturated rings. The quantitative estimate of drug-likeness (QED) is 0.575. The molecule has 0 aromatic heterocycles. The largest absolute Gasteiger partial charge is 0.375 e. The van der Waals surface area contributed by atoms with Gasteiger partial charge in [0, 0.05) is 13.0 Å². The molecule has 0 N–H and O–H groups in total. The second-order valence-electron chi connectivity index (χ2n) is 3.84. The average molecular weight is 172 g/mol. The van der Waals surface area contributed by atoms with Gasteiger partial charge in [0.15, 0.2) is 0 Å². The summed E-state index contributed by atoms with van der Waals surface area (Å²) in [5.41, 5.74) is -0.277. The third-order valence-corrected chi connectivity index (χ3v) is 1.67. The lowest BCUT2D eigenvalue weighted by Crippen LogP contribution is -2.27. The van der Waals surface area contributed by atoms with Gasteiger partial charge in [0.1, 0.15) is 5.78 Å². The predicted molar refractivity (Wildman–Crippen MR) is 50.2 cm³/mol. The fourth-order valence-corrected chi connectivity index (χ4v) is 1.14. The Bertz CT molecular complexity index is 139. The van der Waals surface area contributed by atoms with Crippen molar-refractivity contribution in [3.05, 3.63) is 0 Å². The van der Waals surface area contributed by atoms with Gasteiger partial charge in [0.25, 0.3) is 0 Å². The fourth-order valence-electron chi connectivity index (χ4n) is 1.14. The van der Waals surface area contributed by atoms with E-state index >= 15 is 0 Å². The van der Waals surface area contributed by atoms with E-state index in [4.69, 9.17) is 4.74 Å². The van der Waals surface area contributed by atoms with Crippen molar-refractivity contribution in [2.75, 3.05) is 6.61 Å². The van der Waals surface area contributed by atoms with Crippen LogP contribution < -0.4 is 0 Å². The maximum atomic E-state index is 10.8. The molecule has 0 aromatic carbocycles. The van der Waals surface area contributed by atoms with Gasteiger partial charge in [-0.2, -0.15) is 0 Å². The van der Waals surface area contributed by atoms with Crippen molar-refractivity contribution in [1.29, 1.82) is 0 Å². The standard InChI is InChI=1S/C10H20O2/c1-5-6-7-12-10(3,4)8-9(2)11/h5-8H2,1-4H3. The number of carbonyl (C=O) groups excluding carboxylic acids is 1. The van der Waals surface area contributed by atoms with Gasteiger partial charge in [-0.15, -0.1) is 0 Å². The summed E-state index contributed by atoms with van der Waals surface area (Å²) in [6, 6.07) is 0. The van der Waals surface area contributed by atoms with E-state index in [0.29, 0.717) is 6.42 Å². The molecule has 0 aliphatic rings. The molecule has 2 nitrogen and oxygen atoms in total. The van der Waals surface area contributed by atoms with Crippen LogP contribution >= 0.6 is 0 Å². The van der Waals surface area contributed by atoms with E-state index < -0.39 is 0 Å². The van der Waals surface area contributed by atoms with Gasteiger partial charge in [-0.25, -0.2) is 0 Å². The average Bonchev–Trinajstić information content (AvgIpc) is 1.84. The normalized spacial score (nSPS) is 11.7. The van der Waals surface area contributed by atoms with Crippen molar-refractivity contribution in [2.24, 2.45) is 0 Å². The molecule has 0 aliphatic carbocycles. The van der Waals surface area contributed by atoms with Crippen LogP contribution in [-0.2, 0) is 9.53 Å². The lowest BCUT2D eigenvalue weighted by Gasteiger charge is -2.23. The molecule has 0 saturated carbocycles. The highest BCUT2D eigenvalue weighted by Crippen LogP contribution is 2.15. The third kappa shape index (κ3) is 6.35. The number of ether oxygens (including phenoxy) is 1. The highest BCUT2D eigenvalue weighted by molar-refractivity contribution is 5.76. The highest BCUT2D eigenvalue weighted by Gasteiger charge is 2.19. The predicted octanol–water partition coefficient (Wildman–Crippen LogP) is 2.56. The smallest absolute Gasteiger partial charge is 0.132 e. The van der Waals surface area contributed by atoms with Crippen LogP contribution in [0.5, 0.6) is 0 Å². The maximum Gasteiger partial charge on any atom is 0.132 e. The Hall–Kier alpha value is -0.370. The molecule has 0 radical (unpaired) electrons. The number of hydrogen-bond donors (Lipinski definition) is 0. The van der Waals surface area contributed by atoms with Crippen LogP contribution in [0.2, 0.25) is 0 Å². The zero-order valence-electron chi connectivity index (χ0n) is 8.64. The Morgan fingerprint density at radius 2 is 2.00 bits per heavy atom. The first-order valence-corrected chi connectivity index (χ1v) is 4.61. The second kappa shape index (κ2) is 5.31. The van der Waals surface area contributed by atoms with Crippen LogP contribution in [-0.4, -0.2) is 18.0 Å². The Morgan fingerprint density at radius 3 is 2.42 bits per heavy atom. The highest BCUT2D eigenvalue weighted by atomic mass is 16.5. The summed E-state index contributed by atoms with van der Waals surface area (Å²) in [4.78, 5) is 10.8. The fraction of sp³-hybridized carbons (Fsp3) is 0.900. The minimum atomic E-state index is -0.277. The summed E-state index contributed by atoms with van der Waals surface area (Å²) in [6.07, 6.45) is 2.72. The Kier molecular flexibility index (Phi) is 5.14. The number of unbranched alkanes of at least 4 members (excludes halogenated alkanes) is 1. The molecule has 0 aliphatic heterocycles.